The number of nitrogens with zero attached hydrogens (tertiary/aromatic N) is 2. The molecule has 0 fully saturated rings. The van der Waals surface area contributed by atoms with Crippen molar-refractivity contribution in [2.45, 2.75) is 19.9 Å². The predicted molar refractivity (Wildman–Crippen MR) is 76.3 cm³/mol. The predicted octanol–water partition coefficient (Wildman–Crippen LogP) is 2.63. The molecule has 0 aliphatic carbocycles. The van der Waals surface area contributed by atoms with Crippen LogP contribution in [0.15, 0.2) is 30.3 Å². The van der Waals surface area contributed by atoms with Crippen LogP contribution in [-0.4, -0.2) is 22.1 Å². The molecule has 5 nitrogen and oxygen atoms in total. The van der Waals surface area contributed by atoms with Gasteiger partial charge in [-0.2, -0.15) is 5.26 Å². The van der Waals surface area contributed by atoms with E-state index in [1.54, 1.807) is 19.9 Å². The maximum atomic E-state index is 11.0. The highest BCUT2D eigenvalue weighted by Crippen LogP contribution is 2.21. The van der Waals surface area contributed by atoms with Gasteiger partial charge < -0.3 is 10.4 Å². The highest BCUT2D eigenvalue weighted by molar-refractivity contribution is 5.86. The molecule has 102 valence electrons. The van der Waals surface area contributed by atoms with Crippen molar-refractivity contribution in [3.8, 4) is 6.07 Å². The number of aliphatic carboxylic acids is 1. The maximum Gasteiger partial charge on any atom is 0.308 e. The van der Waals surface area contributed by atoms with Gasteiger partial charge in [-0.1, -0.05) is 18.2 Å². The second kappa shape index (κ2) is 5.57. The van der Waals surface area contributed by atoms with Gasteiger partial charge in [0.05, 0.1) is 23.1 Å². The highest BCUT2D eigenvalue weighted by atomic mass is 16.4. The summed E-state index contributed by atoms with van der Waals surface area (Å²) in [5, 5.41) is 22.0. The number of nitrogens with one attached hydrogen (secondary N) is 1. The minimum atomic E-state index is -0.869. The van der Waals surface area contributed by atoms with Gasteiger partial charge in [0, 0.05) is 11.4 Å². The molecule has 1 aromatic heterocycles. The highest BCUT2D eigenvalue weighted by Gasteiger charge is 2.19. The van der Waals surface area contributed by atoms with Crippen LogP contribution in [0.1, 0.15) is 19.4 Å². The van der Waals surface area contributed by atoms with E-state index in [-0.39, 0.29) is 6.04 Å². The molecule has 5 heteroatoms. The Balaban J connectivity index is 2.36. The largest absolute Gasteiger partial charge is 0.481 e. The first-order valence-electron chi connectivity index (χ1n) is 6.32. The number of hydrogen-bond acceptors (Lipinski definition) is 4. The van der Waals surface area contributed by atoms with E-state index in [1.807, 2.05) is 24.3 Å². The van der Waals surface area contributed by atoms with Crippen LogP contribution in [0.2, 0.25) is 0 Å². The number of rotatable bonds is 4. The summed E-state index contributed by atoms with van der Waals surface area (Å²) < 4.78 is 0. The number of carboxylic acids is 1. The van der Waals surface area contributed by atoms with E-state index in [0.29, 0.717) is 16.9 Å². The molecule has 20 heavy (non-hydrogen) atoms. The van der Waals surface area contributed by atoms with Crippen LogP contribution in [0.4, 0.5) is 5.82 Å². The van der Waals surface area contributed by atoms with E-state index in [4.69, 9.17) is 5.11 Å². The minimum Gasteiger partial charge on any atom is -0.481 e. The molecule has 2 unspecified atom stereocenters. The SMILES string of the molecule is CC(Nc1cc(C#N)c2ccccc2n1)C(C)C(=O)O. The van der Waals surface area contributed by atoms with Gasteiger partial charge in [0.15, 0.2) is 0 Å². The second-order valence-corrected chi connectivity index (χ2v) is 4.74. The van der Waals surface area contributed by atoms with Gasteiger partial charge in [0.1, 0.15) is 5.82 Å². The standard InChI is InChI=1S/C15H15N3O2/c1-9(15(19)20)10(2)17-14-7-11(8-16)12-5-3-4-6-13(12)18-14/h3-7,9-10H,1-2H3,(H,17,18)(H,19,20). The Morgan fingerprint density at radius 2 is 2.10 bits per heavy atom. The van der Waals surface area contributed by atoms with E-state index in [9.17, 15) is 10.1 Å². The number of hydrogen-bond donors (Lipinski definition) is 2. The minimum absolute atomic E-state index is 0.285. The lowest BCUT2D eigenvalue weighted by Crippen LogP contribution is -2.30. The van der Waals surface area contributed by atoms with Crippen LogP contribution in [0, 0.1) is 17.2 Å². The molecular formula is C15H15N3O2. The lowest BCUT2D eigenvalue weighted by molar-refractivity contribution is -0.141. The van der Waals surface area contributed by atoms with Gasteiger partial charge in [-0.3, -0.25) is 4.79 Å². The van der Waals surface area contributed by atoms with Crippen molar-refractivity contribution in [3.05, 3.63) is 35.9 Å². The average molecular weight is 269 g/mol. The molecule has 1 heterocycles. The van der Waals surface area contributed by atoms with E-state index in [0.717, 1.165) is 5.39 Å². The Morgan fingerprint density at radius 1 is 1.40 bits per heavy atom. The average Bonchev–Trinajstić information content (AvgIpc) is 2.45. The molecule has 2 atom stereocenters. The number of aromatic nitrogens is 1. The van der Waals surface area contributed by atoms with Gasteiger partial charge in [0.25, 0.3) is 0 Å². The summed E-state index contributed by atoms with van der Waals surface area (Å²) in [7, 11) is 0. The number of benzene rings is 1. The number of carboxylic acid groups (broad SMARTS) is 1. The van der Waals surface area contributed by atoms with Crippen LogP contribution in [0.25, 0.3) is 10.9 Å². The number of pyridine rings is 1. The topological polar surface area (TPSA) is 86.0 Å². The molecule has 0 saturated heterocycles. The third-order valence-electron chi connectivity index (χ3n) is 3.35. The first-order chi connectivity index (χ1) is 9.52. The van der Waals surface area contributed by atoms with Crippen molar-refractivity contribution in [2.75, 3.05) is 5.32 Å². The van der Waals surface area contributed by atoms with Gasteiger partial charge in [-0.15, -0.1) is 0 Å². The molecule has 0 amide bonds. The third kappa shape index (κ3) is 2.69. The molecule has 2 rings (SSSR count). The molecule has 0 aliphatic heterocycles. The van der Waals surface area contributed by atoms with Crippen LogP contribution in [0.3, 0.4) is 0 Å². The molecular weight excluding hydrogens is 254 g/mol. The monoisotopic (exact) mass is 269 g/mol. The van der Waals surface area contributed by atoms with Gasteiger partial charge in [-0.05, 0) is 26.0 Å². The van der Waals surface area contributed by atoms with Crippen molar-refractivity contribution in [1.82, 2.24) is 4.98 Å². The van der Waals surface area contributed by atoms with E-state index in [2.05, 4.69) is 16.4 Å². The normalized spacial score (nSPS) is 13.4. The van der Waals surface area contributed by atoms with Crippen molar-refractivity contribution in [3.63, 3.8) is 0 Å². The summed E-state index contributed by atoms with van der Waals surface area (Å²) in [5.41, 5.74) is 1.23. The number of anilines is 1. The summed E-state index contributed by atoms with van der Waals surface area (Å²) in [5.74, 6) is -0.902. The summed E-state index contributed by atoms with van der Waals surface area (Å²) in [6.07, 6.45) is 0. The second-order valence-electron chi connectivity index (χ2n) is 4.74. The van der Waals surface area contributed by atoms with Gasteiger partial charge in [0.2, 0.25) is 0 Å². The van der Waals surface area contributed by atoms with Crippen molar-refractivity contribution in [1.29, 1.82) is 5.26 Å². The summed E-state index contributed by atoms with van der Waals surface area (Å²) >= 11 is 0. The first kappa shape index (κ1) is 13.8. The zero-order valence-corrected chi connectivity index (χ0v) is 11.3. The molecule has 0 radical (unpaired) electrons. The summed E-state index contributed by atoms with van der Waals surface area (Å²) in [6.45, 7) is 3.41. The zero-order valence-electron chi connectivity index (χ0n) is 11.3. The van der Waals surface area contributed by atoms with Crippen LogP contribution >= 0.6 is 0 Å². The van der Waals surface area contributed by atoms with Crippen molar-refractivity contribution < 1.29 is 9.90 Å². The summed E-state index contributed by atoms with van der Waals surface area (Å²) in [6, 6.07) is 10.9. The zero-order chi connectivity index (χ0) is 14.7. The fourth-order valence-electron chi connectivity index (χ4n) is 1.91. The number of fused-ring (bicyclic) bond motifs is 1. The number of carbonyl (C=O) groups is 1. The number of para-hydroxylation sites is 1. The molecule has 2 N–H and O–H groups in total. The Kier molecular flexibility index (Phi) is 3.85. The first-order valence-corrected chi connectivity index (χ1v) is 6.32. The molecule has 0 bridgehead atoms. The van der Waals surface area contributed by atoms with Crippen molar-refractivity contribution >= 4 is 22.7 Å². The Morgan fingerprint density at radius 3 is 2.75 bits per heavy atom. The van der Waals surface area contributed by atoms with Crippen molar-refractivity contribution in [2.24, 2.45) is 5.92 Å². The van der Waals surface area contributed by atoms with E-state index >= 15 is 0 Å². The molecule has 2 aromatic rings. The fraction of sp³-hybridized carbons (Fsp3) is 0.267. The number of nitriles is 1. The van der Waals surface area contributed by atoms with Crippen LogP contribution < -0.4 is 5.32 Å². The molecule has 0 saturated carbocycles. The van der Waals surface area contributed by atoms with Gasteiger partial charge in [-0.25, -0.2) is 4.98 Å². The van der Waals surface area contributed by atoms with Crippen LogP contribution in [0.5, 0.6) is 0 Å². The van der Waals surface area contributed by atoms with Gasteiger partial charge >= 0.3 is 5.97 Å². The molecule has 1 aromatic carbocycles. The maximum absolute atomic E-state index is 11.0. The Bertz CT molecular complexity index is 691. The van der Waals surface area contributed by atoms with Crippen LogP contribution in [-0.2, 0) is 4.79 Å². The fourth-order valence-corrected chi connectivity index (χ4v) is 1.91. The lowest BCUT2D eigenvalue weighted by Gasteiger charge is -2.18. The Hall–Kier alpha value is -2.61. The summed E-state index contributed by atoms with van der Waals surface area (Å²) in [4.78, 5) is 15.4. The smallest absolute Gasteiger partial charge is 0.308 e. The molecule has 0 aliphatic rings. The molecule has 0 spiro atoms. The quantitative estimate of drug-likeness (QED) is 0.891. The Labute approximate surface area is 116 Å². The van der Waals surface area contributed by atoms with E-state index in [1.165, 1.54) is 0 Å². The third-order valence-corrected chi connectivity index (χ3v) is 3.35. The lowest BCUT2D eigenvalue weighted by atomic mass is 10.0. The van der Waals surface area contributed by atoms with E-state index < -0.39 is 11.9 Å².